The van der Waals surface area contributed by atoms with Gasteiger partial charge in [0.05, 0.1) is 19.3 Å². The molecule has 1 unspecified atom stereocenters. The molecule has 0 bridgehead atoms. The molecule has 116 valence electrons. The largest absolute Gasteiger partial charge is 0.444 e. The summed E-state index contributed by atoms with van der Waals surface area (Å²) in [5.41, 5.74) is 4.33. The van der Waals surface area contributed by atoms with Gasteiger partial charge in [-0.25, -0.2) is 4.79 Å². The van der Waals surface area contributed by atoms with Gasteiger partial charge in [-0.15, -0.1) is 0 Å². The summed E-state index contributed by atoms with van der Waals surface area (Å²) in [5, 5.41) is 0. The molecule has 4 nitrogen and oxygen atoms in total. The van der Waals surface area contributed by atoms with Crippen molar-refractivity contribution in [1.29, 1.82) is 0 Å². The van der Waals surface area contributed by atoms with Crippen LogP contribution in [0.15, 0.2) is 12.1 Å². The van der Waals surface area contributed by atoms with Gasteiger partial charge in [0.1, 0.15) is 5.60 Å². The van der Waals surface area contributed by atoms with Gasteiger partial charge in [0.2, 0.25) is 0 Å². The highest BCUT2D eigenvalue weighted by molar-refractivity contribution is 5.69. The van der Waals surface area contributed by atoms with Crippen LogP contribution in [0.25, 0.3) is 0 Å². The van der Waals surface area contributed by atoms with Crippen molar-refractivity contribution in [2.45, 2.75) is 52.9 Å². The summed E-state index contributed by atoms with van der Waals surface area (Å²) in [4.78, 5) is 14.0. The maximum absolute atomic E-state index is 12.3. The molecule has 0 aliphatic carbocycles. The van der Waals surface area contributed by atoms with E-state index in [9.17, 15) is 4.79 Å². The fourth-order valence-electron chi connectivity index (χ4n) is 2.61. The molecule has 0 fully saturated rings. The molecular formula is C17H25NO3. The number of likely N-dealkylation sites (N-methyl/N-ethyl adjacent to an activating group) is 1. The Morgan fingerprint density at radius 1 is 1.33 bits per heavy atom. The molecule has 4 heteroatoms. The van der Waals surface area contributed by atoms with Crippen LogP contribution < -0.4 is 0 Å². The molecule has 0 N–H and O–H groups in total. The van der Waals surface area contributed by atoms with E-state index in [1.807, 2.05) is 20.8 Å². The van der Waals surface area contributed by atoms with Crippen molar-refractivity contribution >= 4 is 6.09 Å². The second-order valence-electron chi connectivity index (χ2n) is 6.70. The Morgan fingerprint density at radius 2 is 2.00 bits per heavy atom. The monoisotopic (exact) mass is 291 g/mol. The fraction of sp³-hybridized carbons (Fsp3) is 0.588. The molecule has 1 aliphatic rings. The van der Waals surface area contributed by atoms with Crippen molar-refractivity contribution in [3.05, 3.63) is 34.4 Å². The van der Waals surface area contributed by atoms with E-state index in [1.165, 1.54) is 16.7 Å². The topological polar surface area (TPSA) is 38.8 Å². The third-order valence-electron chi connectivity index (χ3n) is 3.89. The minimum Gasteiger partial charge on any atom is -0.444 e. The smallest absolute Gasteiger partial charge is 0.410 e. The number of hydrogen-bond donors (Lipinski definition) is 0. The first-order valence-corrected chi connectivity index (χ1v) is 7.33. The van der Waals surface area contributed by atoms with Crippen LogP contribution in [0.4, 0.5) is 4.79 Å². The van der Waals surface area contributed by atoms with Gasteiger partial charge in [-0.1, -0.05) is 12.1 Å². The van der Waals surface area contributed by atoms with Gasteiger partial charge in [0, 0.05) is 7.05 Å². The van der Waals surface area contributed by atoms with E-state index in [1.54, 1.807) is 11.9 Å². The lowest BCUT2D eigenvalue weighted by molar-refractivity contribution is -0.000521. The number of fused-ring (bicyclic) bond motifs is 1. The van der Waals surface area contributed by atoms with Crippen LogP contribution in [0.5, 0.6) is 0 Å². The summed E-state index contributed by atoms with van der Waals surface area (Å²) >= 11 is 0. The first-order valence-electron chi connectivity index (χ1n) is 7.33. The van der Waals surface area contributed by atoms with Crippen LogP contribution in [0, 0.1) is 13.8 Å². The maximum atomic E-state index is 12.3. The van der Waals surface area contributed by atoms with Gasteiger partial charge < -0.3 is 14.4 Å². The van der Waals surface area contributed by atoms with Gasteiger partial charge in [-0.2, -0.15) is 0 Å². The molecule has 1 amide bonds. The zero-order valence-electron chi connectivity index (χ0n) is 13.8. The average molecular weight is 291 g/mol. The normalized spacial score (nSPS) is 18.1. The Bertz CT molecular complexity index is 546. The van der Waals surface area contributed by atoms with E-state index in [4.69, 9.17) is 9.47 Å². The van der Waals surface area contributed by atoms with Crippen LogP contribution in [0.2, 0.25) is 0 Å². The molecule has 1 heterocycles. The number of hydrogen-bond acceptors (Lipinski definition) is 3. The van der Waals surface area contributed by atoms with Gasteiger partial charge in [-0.3, -0.25) is 0 Å². The lowest BCUT2D eigenvalue weighted by Crippen LogP contribution is -2.40. The molecule has 1 aromatic carbocycles. The summed E-state index contributed by atoms with van der Waals surface area (Å²) in [6.45, 7) is 10.9. The average Bonchev–Trinajstić information content (AvgIpc) is 2.39. The third kappa shape index (κ3) is 3.38. The molecule has 1 atom stereocenters. The highest BCUT2D eigenvalue weighted by Crippen LogP contribution is 2.33. The van der Waals surface area contributed by atoms with Crippen molar-refractivity contribution in [1.82, 2.24) is 4.90 Å². The molecule has 0 saturated heterocycles. The molecule has 0 saturated carbocycles. The second kappa shape index (κ2) is 5.68. The molecular weight excluding hydrogens is 266 g/mol. The van der Waals surface area contributed by atoms with Crippen molar-refractivity contribution in [3.63, 3.8) is 0 Å². The number of carbonyl (C=O) groups excluding carboxylic acids is 1. The number of benzene rings is 1. The van der Waals surface area contributed by atoms with Crippen molar-refractivity contribution in [2.75, 3.05) is 13.7 Å². The van der Waals surface area contributed by atoms with Crippen LogP contribution in [-0.4, -0.2) is 30.2 Å². The van der Waals surface area contributed by atoms with Gasteiger partial charge in [-0.05, 0) is 56.9 Å². The molecule has 1 aromatic rings. The quantitative estimate of drug-likeness (QED) is 0.791. The molecule has 2 rings (SSSR count). The van der Waals surface area contributed by atoms with E-state index < -0.39 is 5.60 Å². The Labute approximate surface area is 127 Å². The fourth-order valence-corrected chi connectivity index (χ4v) is 2.61. The van der Waals surface area contributed by atoms with Gasteiger partial charge >= 0.3 is 6.09 Å². The Kier molecular flexibility index (Phi) is 4.28. The standard InChI is InChI=1S/C17H25NO3/c1-11-7-8-13-9-20-10-14(15(13)12(11)2)18(6)16(19)21-17(3,4)5/h7-8,14H,9-10H2,1-6H3. The van der Waals surface area contributed by atoms with Crippen molar-refractivity contribution < 1.29 is 14.3 Å². The number of aryl methyl sites for hydroxylation is 1. The lowest BCUT2D eigenvalue weighted by Gasteiger charge is -2.35. The van der Waals surface area contributed by atoms with E-state index in [0.717, 1.165) is 5.56 Å². The number of amides is 1. The molecule has 0 aromatic heterocycles. The summed E-state index contributed by atoms with van der Waals surface area (Å²) in [7, 11) is 1.78. The second-order valence-corrected chi connectivity index (χ2v) is 6.70. The van der Waals surface area contributed by atoms with E-state index in [-0.39, 0.29) is 12.1 Å². The highest BCUT2D eigenvalue weighted by atomic mass is 16.6. The Morgan fingerprint density at radius 3 is 2.62 bits per heavy atom. The third-order valence-corrected chi connectivity index (χ3v) is 3.89. The first-order chi connectivity index (χ1) is 9.70. The Hall–Kier alpha value is -1.55. The zero-order valence-corrected chi connectivity index (χ0v) is 13.8. The molecule has 1 aliphatic heterocycles. The van der Waals surface area contributed by atoms with Gasteiger partial charge in [0.25, 0.3) is 0 Å². The van der Waals surface area contributed by atoms with E-state index in [0.29, 0.717) is 13.2 Å². The minimum atomic E-state index is -0.495. The number of ether oxygens (including phenoxy) is 2. The predicted molar refractivity (Wildman–Crippen MR) is 82.3 cm³/mol. The predicted octanol–water partition coefficient (Wildman–Crippen LogP) is 3.74. The van der Waals surface area contributed by atoms with Crippen LogP contribution >= 0.6 is 0 Å². The highest BCUT2D eigenvalue weighted by Gasteiger charge is 2.31. The SMILES string of the molecule is Cc1ccc2c(c1C)C(N(C)C(=O)OC(C)(C)C)COC2. The zero-order chi connectivity index (χ0) is 15.8. The van der Waals surface area contributed by atoms with E-state index in [2.05, 4.69) is 26.0 Å². The minimum absolute atomic E-state index is 0.0940. The number of nitrogens with zero attached hydrogens (tertiary/aromatic N) is 1. The van der Waals surface area contributed by atoms with Crippen molar-refractivity contribution in [2.24, 2.45) is 0 Å². The van der Waals surface area contributed by atoms with Crippen LogP contribution in [0.3, 0.4) is 0 Å². The van der Waals surface area contributed by atoms with E-state index >= 15 is 0 Å². The molecule has 0 spiro atoms. The van der Waals surface area contributed by atoms with Crippen molar-refractivity contribution in [3.8, 4) is 0 Å². The summed E-state index contributed by atoms with van der Waals surface area (Å²) < 4.78 is 11.1. The molecule has 21 heavy (non-hydrogen) atoms. The Balaban J connectivity index is 2.31. The van der Waals surface area contributed by atoms with Gasteiger partial charge in [0.15, 0.2) is 0 Å². The van der Waals surface area contributed by atoms with Crippen LogP contribution in [0.1, 0.15) is 49.1 Å². The lowest BCUT2D eigenvalue weighted by atomic mass is 9.91. The summed E-state index contributed by atoms with van der Waals surface area (Å²) in [6.07, 6.45) is -0.315. The first kappa shape index (κ1) is 15.8. The number of carbonyl (C=O) groups is 1. The summed E-state index contributed by atoms with van der Waals surface area (Å²) in [6, 6.07) is 4.10. The molecule has 0 radical (unpaired) electrons. The maximum Gasteiger partial charge on any atom is 0.410 e. The summed E-state index contributed by atoms with van der Waals surface area (Å²) in [5.74, 6) is 0. The number of rotatable bonds is 1. The van der Waals surface area contributed by atoms with Crippen LogP contribution in [-0.2, 0) is 16.1 Å².